The molecule has 0 saturated carbocycles. The molecule has 12 heteroatoms. The first-order valence-electron chi connectivity index (χ1n) is 10.5. The molecule has 33 heavy (non-hydrogen) atoms. The number of fused-ring (bicyclic) bond motifs is 1. The Morgan fingerprint density at radius 3 is 2.70 bits per heavy atom. The van der Waals surface area contributed by atoms with Crippen molar-refractivity contribution < 1.29 is 13.9 Å². The smallest absolute Gasteiger partial charge is 0.288 e. The number of alkyl halides is 2. The summed E-state index contributed by atoms with van der Waals surface area (Å²) in [4.78, 5) is 10.7. The zero-order chi connectivity index (χ0) is 23.8. The molecule has 0 radical (unpaired) electrons. The van der Waals surface area contributed by atoms with Crippen molar-refractivity contribution in [1.82, 2.24) is 33.8 Å². The van der Waals surface area contributed by atoms with Crippen LogP contribution >= 0.6 is 11.5 Å². The Balaban J connectivity index is 1.68. The summed E-state index contributed by atoms with van der Waals surface area (Å²) in [6, 6.07) is 1.86. The topological polar surface area (TPSA) is 107 Å². The van der Waals surface area contributed by atoms with Crippen molar-refractivity contribution >= 4 is 28.0 Å². The molecule has 0 bridgehead atoms. The largest absolute Gasteiger partial charge is 0.394 e. The summed E-state index contributed by atoms with van der Waals surface area (Å²) in [6.07, 6.45) is 6.16. The molecule has 0 aliphatic rings. The average Bonchev–Trinajstić information content (AvgIpc) is 3.51. The van der Waals surface area contributed by atoms with Gasteiger partial charge in [-0.15, -0.1) is 0 Å². The number of aliphatic hydroxyl groups excluding tert-OH is 1. The number of nitrogens with zero attached hydrogens (tertiary/aromatic N) is 6. The minimum atomic E-state index is -3.14. The lowest BCUT2D eigenvalue weighted by Gasteiger charge is -2.35. The van der Waals surface area contributed by atoms with Gasteiger partial charge in [0, 0.05) is 37.0 Å². The quantitative estimate of drug-likeness (QED) is 0.335. The molecule has 0 unspecified atom stereocenters. The second kappa shape index (κ2) is 8.76. The Bertz CT molecular complexity index is 1230. The molecular weight excluding hydrogens is 450 g/mol. The molecular formula is C21H26F2N8OS. The van der Waals surface area contributed by atoms with Crippen molar-refractivity contribution in [1.29, 1.82) is 0 Å². The first-order valence-corrected chi connectivity index (χ1v) is 11.2. The Labute approximate surface area is 193 Å². The number of hydrogen-bond acceptors (Lipinski definition) is 8. The second-order valence-electron chi connectivity index (χ2n) is 8.48. The van der Waals surface area contributed by atoms with Gasteiger partial charge in [-0.25, -0.2) is 9.97 Å². The molecule has 0 spiro atoms. The van der Waals surface area contributed by atoms with Gasteiger partial charge in [0.05, 0.1) is 30.4 Å². The van der Waals surface area contributed by atoms with E-state index < -0.39 is 5.92 Å². The number of nitrogens with one attached hydrogen (secondary N) is 2. The molecule has 0 aliphatic carbocycles. The summed E-state index contributed by atoms with van der Waals surface area (Å²) < 4.78 is 34.5. The Kier molecular flexibility index (Phi) is 6.16. The number of likely N-dealkylation sites (N-methyl/N-ethyl adjacent to an activating group) is 1. The van der Waals surface area contributed by atoms with Crippen molar-refractivity contribution in [3.63, 3.8) is 0 Å². The van der Waals surface area contributed by atoms with Gasteiger partial charge in [-0.05, 0) is 38.0 Å². The minimum absolute atomic E-state index is 0.0227. The standard InChI is InChI=1S/C21H26F2N8OS/c1-5-30(20(2,3)12-32)10-14-6-17(33-29-14)28-18-19-24-9-15(13-7-25-26-8-13)31(19)11-16(27-18)21(4,22)23/h6-9,11,32H,5,10,12H2,1-4H3,(H,25,26)(H,27,28). The fourth-order valence-corrected chi connectivity index (χ4v) is 4.16. The Morgan fingerprint density at radius 1 is 1.27 bits per heavy atom. The first kappa shape index (κ1) is 23.2. The number of halogens is 2. The number of H-pyrrole nitrogens is 1. The number of rotatable bonds is 9. The number of aromatic nitrogens is 6. The van der Waals surface area contributed by atoms with E-state index in [4.69, 9.17) is 0 Å². The minimum Gasteiger partial charge on any atom is -0.394 e. The highest BCUT2D eigenvalue weighted by molar-refractivity contribution is 7.10. The van der Waals surface area contributed by atoms with Crippen LogP contribution in [-0.4, -0.2) is 57.6 Å². The zero-order valence-corrected chi connectivity index (χ0v) is 19.6. The van der Waals surface area contributed by atoms with Gasteiger partial charge >= 0.3 is 0 Å². The summed E-state index contributed by atoms with van der Waals surface area (Å²) in [5.74, 6) is -2.93. The van der Waals surface area contributed by atoms with Crippen LogP contribution in [0.15, 0.2) is 30.9 Å². The van der Waals surface area contributed by atoms with E-state index in [0.29, 0.717) is 22.9 Å². The van der Waals surface area contributed by atoms with E-state index in [1.807, 2.05) is 26.8 Å². The van der Waals surface area contributed by atoms with Gasteiger partial charge in [-0.3, -0.25) is 14.4 Å². The molecule has 4 aromatic rings. The Hall–Kier alpha value is -2.96. The number of aromatic amines is 1. The van der Waals surface area contributed by atoms with Crippen molar-refractivity contribution in [2.45, 2.75) is 45.7 Å². The van der Waals surface area contributed by atoms with Crippen molar-refractivity contribution in [3.8, 4) is 11.3 Å². The number of aliphatic hydroxyl groups is 1. The summed E-state index contributed by atoms with van der Waals surface area (Å²) in [5.41, 5.74) is 1.78. The van der Waals surface area contributed by atoms with E-state index in [2.05, 4.69) is 34.8 Å². The molecule has 0 aromatic carbocycles. The van der Waals surface area contributed by atoms with Crippen LogP contribution in [0.5, 0.6) is 0 Å². The summed E-state index contributed by atoms with van der Waals surface area (Å²) in [7, 11) is 0. The maximum absolute atomic E-state index is 14.2. The third-order valence-corrected chi connectivity index (χ3v) is 6.26. The molecule has 176 valence electrons. The molecule has 4 rings (SSSR count). The van der Waals surface area contributed by atoms with Crippen molar-refractivity contribution in [3.05, 3.63) is 42.2 Å². The third-order valence-electron chi connectivity index (χ3n) is 5.51. The van der Waals surface area contributed by atoms with Gasteiger partial charge in [0.25, 0.3) is 5.92 Å². The van der Waals surface area contributed by atoms with Crippen LogP contribution in [0.2, 0.25) is 0 Å². The Morgan fingerprint density at radius 2 is 2.06 bits per heavy atom. The maximum atomic E-state index is 14.2. The lowest BCUT2D eigenvalue weighted by Crippen LogP contribution is -2.46. The summed E-state index contributed by atoms with van der Waals surface area (Å²) >= 11 is 1.21. The molecule has 0 atom stereocenters. The van der Waals surface area contributed by atoms with Crippen molar-refractivity contribution in [2.24, 2.45) is 0 Å². The van der Waals surface area contributed by atoms with E-state index in [9.17, 15) is 13.9 Å². The molecule has 3 N–H and O–H groups in total. The number of imidazole rings is 1. The van der Waals surface area contributed by atoms with E-state index in [1.165, 1.54) is 17.7 Å². The molecule has 0 amide bonds. The molecule has 0 saturated heterocycles. The highest BCUT2D eigenvalue weighted by Crippen LogP contribution is 2.32. The predicted molar refractivity (Wildman–Crippen MR) is 123 cm³/mol. The molecule has 0 fully saturated rings. The lowest BCUT2D eigenvalue weighted by molar-refractivity contribution is 0.0124. The van der Waals surface area contributed by atoms with Crippen LogP contribution in [0.1, 0.15) is 39.1 Å². The van der Waals surface area contributed by atoms with Gasteiger partial charge in [-0.2, -0.15) is 18.3 Å². The van der Waals surface area contributed by atoms with Gasteiger partial charge in [-0.1, -0.05) is 6.92 Å². The number of hydrogen-bond donors (Lipinski definition) is 3. The monoisotopic (exact) mass is 476 g/mol. The molecule has 4 heterocycles. The van der Waals surface area contributed by atoms with Crippen LogP contribution < -0.4 is 5.32 Å². The average molecular weight is 477 g/mol. The lowest BCUT2D eigenvalue weighted by atomic mass is 10.0. The van der Waals surface area contributed by atoms with E-state index in [-0.39, 0.29) is 23.7 Å². The van der Waals surface area contributed by atoms with Gasteiger partial charge in [0.15, 0.2) is 11.5 Å². The fraction of sp³-hybridized carbons (Fsp3) is 0.429. The van der Waals surface area contributed by atoms with E-state index in [1.54, 1.807) is 23.0 Å². The highest BCUT2D eigenvalue weighted by atomic mass is 32.1. The van der Waals surface area contributed by atoms with E-state index >= 15 is 0 Å². The maximum Gasteiger partial charge on any atom is 0.288 e. The summed E-state index contributed by atoms with van der Waals surface area (Å²) in [6.45, 7) is 8.09. The normalized spacial score (nSPS) is 12.7. The van der Waals surface area contributed by atoms with Crippen LogP contribution in [0.4, 0.5) is 19.6 Å². The third kappa shape index (κ3) is 4.72. The van der Waals surface area contributed by atoms with Gasteiger partial charge in [0.2, 0.25) is 0 Å². The van der Waals surface area contributed by atoms with Gasteiger partial charge in [0.1, 0.15) is 10.7 Å². The SMILES string of the molecule is CCN(Cc1cc(Nc2nc(C(C)(F)F)cn3c(-c4cn[nH]c4)cnc23)sn1)C(C)(C)CO. The first-order chi connectivity index (χ1) is 15.6. The highest BCUT2D eigenvalue weighted by Gasteiger charge is 2.29. The second-order valence-corrected chi connectivity index (χ2v) is 9.28. The van der Waals surface area contributed by atoms with Crippen LogP contribution in [-0.2, 0) is 12.5 Å². The van der Waals surface area contributed by atoms with Crippen molar-refractivity contribution in [2.75, 3.05) is 18.5 Å². The van der Waals surface area contributed by atoms with Crippen LogP contribution in [0.3, 0.4) is 0 Å². The van der Waals surface area contributed by atoms with Gasteiger partial charge < -0.3 is 10.4 Å². The van der Waals surface area contributed by atoms with Crippen LogP contribution in [0, 0.1) is 0 Å². The zero-order valence-electron chi connectivity index (χ0n) is 18.8. The predicted octanol–water partition coefficient (Wildman–Crippen LogP) is 4.02. The summed E-state index contributed by atoms with van der Waals surface area (Å²) in [5, 5.41) is 20.1. The molecule has 9 nitrogen and oxygen atoms in total. The number of anilines is 2. The van der Waals surface area contributed by atoms with E-state index in [0.717, 1.165) is 24.7 Å². The molecule has 4 aromatic heterocycles. The fourth-order valence-electron chi connectivity index (χ4n) is 3.50. The molecule has 0 aliphatic heterocycles. The van der Waals surface area contributed by atoms with Crippen LogP contribution in [0.25, 0.3) is 16.9 Å².